The summed E-state index contributed by atoms with van der Waals surface area (Å²) in [6, 6.07) is 2.95. The first-order valence-electron chi connectivity index (χ1n) is 5.29. The zero-order valence-electron chi connectivity index (χ0n) is 9.43. The van der Waals surface area contributed by atoms with Crippen LogP contribution in [0.5, 0.6) is 0 Å². The first-order valence-corrected chi connectivity index (χ1v) is 5.29. The molecule has 2 rings (SSSR count). The van der Waals surface area contributed by atoms with Crippen molar-refractivity contribution in [1.82, 2.24) is 10.3 Å². The molecule has 17 heavy (non-hydrogen) atoms. The summed E-state index contributed by atoms with van der Waals surface area (Å²) in [4.78, 5) is 14.2. The monoisotopic (exact) mass is 238 g/mol. The van der Waals surface area contributed by atoms with Crippen LogP contribution in [0.15, 0.2) is 12.1 Å². The van der Waals surface area contributed by atoms with Crippen LogP contribution in [0.1, 0.15) is 5.69 Å². The third-order valence-electron chi connectivity index (χ3n) is 2.76. The maximum Gasteiger partial charge on any atom is 0.290 e. The maximum atomic E-state index is 10.6. The van der Waals surface area contributed by atoms with Crippen LogP contribution >= 0.6 is 0 Å². The van der Waals surface area contributed by atoms with Crippen molar-refractivity contribution in [1.29, 1.82) is 0 Å². The van der Waals surface area contributed by atoms with Crippen LogP contribution in [0.25, 0.3) is 0 Å². The Kier molecular flexibility index (Phi) is 2.95. The summed E-state index contributed by atoms with van der Waals surface area (Å²) >= 11 is 0. The van der Waals surface area contributed by atoms with Gasteiger partial charge in [-0.2, -0.15) is 0 Å². The first kappa shape index (κ1) is 11.7. The molecule has 92 valence electrons. The average Bonchev–Trinajstić information content (AvgIpc) is 2.23. The van der Waals surface area contributed by atoms with E-state index in [2.05, 4.69) is 15.6 Å². The van der Waals surface area contributed by atoms with E-state index in [0.717, 1.165) is 0 Å². The van der Waals surface area contributed by atoms with Gasteiger partial charge in [-0.1, -0.05) is 0 Å². The predicted molar refractivity (Wildman–Crippen MR) is 61.9 cm³/mol. The van der Waals surface area contributed by atoms with Crippen molar-refractivity contribution in [2.24, 2.45) is 0 Å². The van der Waals surface area contributed by atoms with Gasteiger partial charge in [-0.25, -0.2) is 4.98 Å². The number of aromatic nitrogens is 1. The molecule has 7 nitrogen and oxygen atoms in total. The molecular formula is C10H14N4O3. The van der Waals surface area contributed by atoms with Crippen LogP contribution in [0.3, 0.4) is 0 Å². The van der Waals surface area contributed by atoms with Gasteiger partial charge < -0.3 is 15.7 Å². The largest absolute Gasteiger partial charge is 0.385 e. The Morgan fingerprint density at radius 2 is 2.35 bits per heavy atom. The molecule has 1 aromatic rings. The van der Waals surface area contributed by atoms with Crippen LogP contribution in [-0.2, 0) is 0 Å². The summed E-state index contributed by atoms with van der Waals surface area (Å²) in [7, 11) is 0. The van der Waals surface area contributed by atoms with Crippen LogP contribution < -0.4 is 10.6 Å². The molecule has 1 saturated heterocycles. The molecule has 0 aliphatic carbocycles. The summed E-state index contributed by atoms with van der Waals surface area (Å²) < 4.78 is 0. The molecule has 2 heterocycles. The Morgan fingerprint density at radius 1 is 1.65 bits per heavy atom. The highest BCUT2D eigenvalue weighted by Crippen LogP contribution is 2.18. The fourth-order valence-electron chi connectivity index (χ4n) is 1.64. The Labute approximate surface area is 98.0 Å². The number of nitrogens with zero attached hydrogens (tertiary/aromatic N) is 2. The van der Waals surface area contributed by atoms with Gasteiger partial charge in [0.2, 0.25) is 0 Å². The van der Waals surface area contributed by atoms with Crippen molar-refractivity contribution in [2.75, 3.05) is 25.0 Å². The standard InChI is InChI=1S/C10H14N4O3/c1-7-8(14(16)17)2-3-9(13-7)12-6-10(15)4-11-5-10/h2-3,11,15H,4-6H2,1H3,(H,12,13). The Morgan fingerprint density at radius 3 is 2.82 bits per heavy atom. The third-order valence-corrected chi connectivity index (χ3v) is 2.76. The van der Waals surface area contributed by atoms with E-state index in [1.807, 2.05) is 0 Å². The van der Waals surface area contributed by atoms with Gasteiger partial charge in [-0.15, -0.1) is 0 Å². The van der Waals surface area contributed by atoms with Crippen LogP contribution in [0.2, 0.25) is 0 Å². The number of nitro groups is 1. The predicted octanol–water partition coefficient (Wildman–Crippen LogP) is 0.0444. The number of β-amino-alcohol motifs (C(OH)–C–C–N with tert-alkyl or cyclic N) is 1. The maximum absolute atomic E-state index is 10.6. The van der Waals surface area contributed by atoms with E-state index in [0.29, 0.717) is 31.1 Å². The lowest BCUT2D eigenvalue weighted by Crippen LogP contribution is -2.63. The van der Waals surface area contributed by atoms with Crippen molar-refractivity contribution >= 4 is 11.5 Å². The van der Waals surface area contributed by atoms with Crippen molar-refractivity contribution in [3.8, 4) is 0 Å². The number of aryl methyl sites for hydroxylation is 1. The van der Waals surface area contributed by atoms with Gasteiger partial charge in [0, 0.05) is 25.7 Å². The van der Waals surface area contributed by atoms with Gasteiger partial charge >= 0.3 is 0 Å². The van der Waals surface area contributed by atoms with Crippen LogP contribution in [0, 0.1) is 17.0 Å². The molecule has 1 aromatic heterocycles. The average molecular weight is 238 g/mol. The highest BCUT2D eigenvalue weighted by atomic mass is 16.6. The van der Waals surface area contributed by atoms with Gasteiger partial charge in [0.15, 0.2) is 0 Å². The number of aliphatic hydroxyl groups is 1. The van der Waals surface area contributed by atoms with Crippen molar-refractivity contribution in [3.05, 3.63) is 27.9 Å². The molecule has 0 amide bonds. The SMILES string of the molecule is Cc1nc(NCC2(O)CNC2)ccc1[N+](=O)[O-]. The summed E-state index contributed by atoms with van der Waals surface area (Å²) in [5, 5.41) is 26.4. The van der Waals surface area contributed by atoms with Gasteiger partial charge in [0.1, 0.15) is 17.1 Å². The zero-order chi connectivity index (χ0) is 12.5. The zero-order valence-corrected chi connectivity index (χ0v) is 9.43. The molecule has 1 aliphatic rings. The van der Waals surface area contributed by atoms with E-state index in [9.17, 15) is 15.2 Å². The Bertz CT molecular complexity index is 445. The molecule has 0 radical (unpaired) electrons. The minimum absolute atomic E-state index is 0.000396. The number of hydrogen-bond acceptors (Lipinski definition) is 6. The molecule has 0 bridgehead atoms. The van der Waals surface area contributed by atoms with Gasteiger partial charge in [-0.05, 0) is 13.0 Å². The smallest absolute Gasteiger partial charge is 0.290 e. The third kappa shape index (κ3) is 2.51. The van der Waals surface area contributed by atoms with Crippen molar-refractivity contribution in [3.63, 3.8) is 0 Å². The van der Waals surface area contributed by atoms with Crippen molar-refractivity contribution in [2.45, 2.75) is 12.5 Å². The van der Waals surface area contributed by atoms with Crippen LogP contribution in [-0.4, -0.2) is 40.2 Å². The molecular weight excluding hydrogens is 224 g/mol. The molecule has 3 N–H and O–H groups in total. The quantitative estimate of drug-likeness (QED) is 0.506. The highest BCUT2D eigenvalue weighted by molar-refractivity contribution is 5.45. The van der Waals surface area contributed by atoms with Crippen molar-refractivity contribution < 1.29 is 10.0 Å². The number of anilines is 1. The number of hydrogen-bond donors (Lipinski definition) is 3. The number of rotatable bonds is 4. The first-order chi connectivity index (χ1) is 8.00. The second-order valence-electron chi connectivity index (χ2n) is 4.24. The fraction of sp³-hybridized carbons (Fsp3) is 0.500. The van der Waals surface area contributed by atoms with E-state index in [4.69, 9.17) is 0 Å². The lowest BCUT2D eigenvalue weighted by atomic mass is 9.97. The fourth-order valence-corrected chi connectivity index (χ4v) is 1.64. The molecule has 0 aromatic carbocycles. The molecule has 0 unspecified atom stereocenters. The van der Waals surface area contributed by atoms with E-state index >= 15 is 0 Å². The second kappa shape index (κ2) is 4.27. The molecule has 7 heteroatoms. The minimum Gasteiger partial charge on any atom is -0.385 e. The van der Waals surface area contributed by atoms with E-state index in [-0.39, 0.29) is 5.69 Å². The highest BCUT2D eigenvalue weighted by Gasteiger charge is 2.33. The van der Waals surface area contributed by atoms with E-state index in [1.165, 1.54) is 6.07 Å². The summed E-state index contributed by atoms with van der Waals surface area (Å²) in [5.41, 5.74) is -0.379. The lowest BCUT2D eigenvalue weighted by Gasteiger charge is -2.37. The van der Waals surface area contributed by atoms with Gasteiger partial charge in [-0.3, -0.25) is 10.1 Å². The summed E-state index contributed by atoms with van der Waals surface area (Å²) in [6.07, 6.45) is 0. The number of nitrogens with one attached hydrogen (secondary N) is 2. The Hall–Kier alpha value is -1.73. The molecule has 0 saturated carbocycles. The lowest BCUT2D eigenvalue weighted by molar-refractivity contribution is -0.385. The van der Waals surface area contributed by atoms with E-state index < -0.39 is 10.5 Å². The minimum atomic E-state index is -0.739. The molecule has 1 fully saturated rings. The second-order valence-corrected chi connectivity index (χ2v) is 4.24. The normalized spacial score (nSPS) is 17.3. The summed E-state index contributed by atoms with van der Waals surface area (Å²) in [5.74, 6) is 0.536. The molecule has 1 aliphatic heterocycles. The van der Waals surface area contributed by atoms with Gasteiger partial charge in [0.05, 0.1) is 4.92 Å². The van der Waals surface area contributed by atoms with Gasteiger partial charge in [0.25, 0.3) is 5.69 Å². The molecule has 0 atom stereocenters. The Balaban J connectivity index is 2.02. The number of pyridine rings is 1. The van der Waals surface area contributed by atoms with E-state index in [1.54, 1.807) is 13.0 Å². The topological polar surface area (TPSA) is 100 Å². The molecule has 0 spiro atoms. The summed E-state index contributed by atoms with van der Waals surface area (Å²) in [6.45, 7) is 3.06. The van der Waals surface area contributed by atoms with Crippen LogP contribution in [0.4, 0.5) is 11.5 Å².